The lowest BCUT2D eigenvalue weighted by molar-refractivity contribution is -0.149. The Morgan fingerprint density at radius 3 is 2.37 bits per heavy atom. The first-order valence-electron chi connectivity index (χ1n) is 5.66. The molecule has 110 valence electrons. The van der Waals surface area contributed by atoms with Gasteiger partial charge in [-0.25, -0.2) is 9.18 Å². The third kappa shape index (κ3) is 7.98. The number of esters is 1. The molecular formula is C12H16F4O2S. The standard InChI is InChI=1S/C12H16F4O2S/c1-3-4-5-6-7-11(13,10(17)18-2)19-9-8-12(14,15)16/h1H,4-9H2,2H3. The third-order valence-corrected chi connectivity index (χ3v) is 3.51. The summed E-state index contributed by atoms with van der Waals surface area (Å²) < 4.78 is 54.5. The number of hydrogen-bond donors (Lipinski definition) is 0. The molecule has 1 atom stereocenters. The van der Waals surface area contributed by atoms with Crippen molar-refractivity contribution in [3.8, 4) is 12.3 Å². The topological polar surface area (TPSA) is 26.3 Å². The quantitative estimate of drug-likeness (QED) is 0.296. The monoisotopic (exact) mass is 300 g/mol. The predicted octanol–water partition coefficient (Wildman–Crippen LogP) is 3.70. The number of alkyl halides is 4. The maximum atomic E-state index is 14.3. The van der Waals surface area contributed by atoms with Gasteiger partial charge in [0.1, 0.15) is 0 Å². The summed E-state index contributed by atoms with van der Waals surface area (Å²) in [7, 11) is 1.00. The lowest BCUT2D eigenvalue weighted by atomic mass is 10.1. The lowest BCUT2D eigenvalue weighted by Gasteiger charge is -2.22. The van der Waals surface area contributed by atoms with Crippen LogP contribution in [0.2, 0.25) is 0 Å². The molecule has 0 aliphatic carbocycles. The van der Waals surface area contributed by atoms with E-state index in [0.29, 0.717) is 31.0 Å². The normalized spacial score (nSPS) is 14.5. The first-order chi connectivity index (χ1) is 8.75. The van der Waals surface area contributed by atoms with E-state index in [2.05, 4.69) is 10.7 Å². The number of carbonyl (C=O) groups is 1. The number of unbranched alkanes of at least 4 members (excludes halogenated alkanes) is 2. The number of ether oxygens (including phenoxy) is 1. The van der Waals surface area contributed by atoms with Crippen molar-refractivity contribution in [1.82, 2.24) is 0 Å². The molecule has 0 bridgehead atoms. The van der Waals surface area contributed by atoms with Crippen LogP contribution in [0.15, 0.2) is 0 Å². The molecule has 0 saturated heterocycles. The fraction of sp³-hybridized carbons (Fsp3) is 0.750. The molecule has 0 spiro atoms. The second-order valence-corrected chi connectivity index (χ2v) is 5.19. The summed E-state index contributed by atoms with van der Waals surface area (Å²) in [4.78, 5) is 11.3. The van der Waals surface area contributed by atoms with Crippen LogP contribution in [0.4, 0.5) is 17.6 Å². The van der Waals surface area contributed by atoms with Gasteiger partial charge in [0.2, 0.25) is 0 Å². The van der Waals surface area contributed by atoms with Crippen LogP contribution in [0.1, 0.15) is 32.1 Å². The van der Waals surface area contributed by atoms with Crippen LogP contribution >= 0.6 is 11.8 Å². The molecule has 1 unspecified atom stereocenters. The highest BCUT2D eigenvalue weighted by molar-refractivity contribution is 8.01. The van der Waals surface area contributed by atoms with Gasteiger partial charge >= 0.3 is 12.1 Å². The minimum Gasteiger partial charge on any atom is -0.466 e. The molecule has 7 heteroatoms. The predicted molar refractivity (Wildman–Crippen MR) is 66.3 cm³/mol. The second kappa shape index (κ2) is 8.31. The maximum Gasteiger partial charge on any atom is 0.389 e. The smallest absolute Gasteiger partial charge is 0.389 e. The van der Waals surface area contributed by atoms with E-state index in [1.807, 2.05) is 0 Å². The Labute approximate surface area is 114 Å². The Bertz CT molecular complexity index is 325. The van der Waals surface area contributed by atoms with Gasteiger partial charge in [-0.2, -0.15) is 13.2 Å². The maximum absolute atomic E-state index is 14.3. The van der Waals surface area contributed by atoms with E-state index in [4.69, 9.17) is 6.42 Å². The zero-order valence-corrected chi connectivity index (χ0v) is 11.4. The average molecular weight is 300 g/mol. The molecule has 0 aromatic carbocycles. The summed E-state index contributed by atoms with van der Waals surface area (Å²) >= 11 is 0.329. The van der Waals surface area contributed by atoms with Gasteiger partial charge in [-0.3, -0.25) is 0 Å². The van der Waals surface area contributed by atoms with E-state index in [1.165, 1.54) is 0 Å². The summed E-state index contributed by atoms with van der Waals surface area (Å²) in [5.74, 6) is 0.690. The van der Waals surface area contributed by atoms with Crippen LogP contribution in [0.3, 0.4) is 0 Å². The van der Waals surface area contributed by atoms with E-state index >= 15 is 0 Å². The van der Waals surface area contributed by atoms with Gasteiger partial charge in [0.05, 0.1) is 13.5 Å². The van der Waals surface area contributed by atoms with Crippen molar-refractivity contribution in [2.24, 2.45) is 0 Å². The van der Waals surface area contributed by atoms with Crippen molar-refractivity contribution in [3.63, 3.8) is 0 Å². The highest BCUT2D eigenvalue weighted by Gasteiger charge is 2.41. The Kier molecular flexibility index (Phi) is 7.91. The number of hydrogen-bond acceptors (Lipinski definition) is 3. The van der Waals surface area contributed by atoms with Gasteiger partial charge in [-0.1, -0.05) is 0 Å². The first kappa shape index (κ1) is 18.1. The van der Waals surface area contributed by atoms with E-state index in [-0.39, 0.29) is 6.42 Å². The molecular weight excluding hydrogens is 284 g/mol. The van der Waals surface area contributed by atoms with E-state index in [9.17, 15) is 22.4 Å². The molecule has 0 aliphatic heterocycles. The van der Waals surface area contributed by atoms with Crippen LogP contribution < -0.4 is 0 Å². The minimum atomic E-state index is -4.37. The number of terminal acetylenes is 1. The van der Waals surface area contributed by atoms with E-state index in [1.54, 1.807) is 0 Å². The summed E-state index contributed by atoms with van der Waals surface area (Å²) in [6.45, 7) is 0. The largest absolute Gasteiger partial charge is 0.466 e. The molecule has 19 heavy (non-hydrogen) atoms. The highest BCUT2D eigenvalue weighted by atomic mass is 32.2. The SMILES string of the molecule is C#CCCCCC(F)(SCCC(F)(F)F)C(=O)OC. The van der Waals surface area contributed by atoms with Crippen LogP contribution in [0.25, 0.3) is 0 Å². The van der Waals surface area contributed by atoms with Crippen LogP contribution in [-0.2, 0) is 9.53 Å². The molecule has 0 fully saturated rings. The van der Waals surface area contributed by atoms with E-state index < -0.39 is 29.3 Å². The molecule has 0 aliphatic rings. The number of methoxy groups -OCH3 is 1. The van der Waals surface area contributed by atoms with Gasteiger partial charge in [-0.15, -0.1) is 24.1 Å². The van der Waals surface area contributed by atoms with Crippen molar-refractivity contribution < 1.29 is 27.1 Å². The summed E-state index contributed by atoms with van der Waals surface area (Å²) in [6, 6.07) is 0. The number of rotatable bonds is 8. The van der Waals surface area contributed by atoms with Gasteiger partial charge < -0.3 is 4.74 Å². The number of halogens is 4. The molecule has 0 N–H and O–H groups in total. The fourth-order valence-electron chi connectivity index (χ4n) is 1.29. The Balaban J connectivity index is 4.35. The minimum absolute atomic E-state index is 0.204. The Morgan fingerprint density at radius 2 is 1.89 bits per heavy atom. The molecule has 0 aromatic rings. The molecule has 0 amide bonds. The molecule has 0 saturated carbocycles. The highest BCUT2D eigenvalue weighted by Crippen LogP contribution is 2.36. The first-order valence-corrected chi connectivity index (χ1v) is 6.65. The van der Waals surface area contributed by atoms with Crippen molar-refractivity contribution in [1.29, 1.82) is 0 Å². The van der Waals surface area contributed by atoms with Gasteiger partial charge in [0.15, 0.2) is 0 Å². The van der Waals surface area contributed by atoms with Crippen molar-refractivity contribution >= 4 is 17.7 Å². The molecule has 0 rings (SSSR count). The summed E-state index contributed by atoms with van der Waals surface area (Å²) in [5.41, 5.74) is 0. The summed E-state index contributed by atoms with van der Waals surface area (Å²) in [5, 5.41) is -2.44. The zero-order chi connectivity index (χ0) is 14.9. The Hall–Kier alpha value is -0.900. The van der Waals surface area contributed by atoms with Crippen molar-refractivity contribution in [3.05, 3.63) is 0 Å². The Morgan fingerprint density at radius 1 is 1.26 bits per heavy atom. The van der Waals surface area contributed by atoms with E-state index in [0.717, 1.165) is 7.11 Å². The third-order valence-electron chi connectivity index (χ3n) is 2.28. The molecule has 2 nitrogen and oxygen atoms in total. The summed E-state index contributed by atoms with van der Waals surface area (Å²) in [6.07, 6.45) is 0.569. The molecule has 0 aromatic heterocycles. The van der Waals surface area contributed by atoms with Crippen LogP contribution in [-0.4, -0.2) is 30.0 Å². The van der Waals surface area contributed by atoms with Crippen molar-refractivity contribution in [2.75, 3.05) is 12.9 Å². The van der Waals surface area contributed by atoms with Crippen LogP contribution in [0.5, 0.6) is 0 Å². The second-order valence-electron chi connectivity index (χ2n) is 3.84. The van der Waals surface area contributed by atoms with Crippen LogP contribution in [0, 0.1) is 12.3 Å². The lowest BCUT2D eigenvalue weighted by Crippen LogP contribution is -2.32. The van der Waals surface area contributed by atoms with Gasteiger partial charge in [-0.05, 0) is 12.8 Å². The molecule has 0 heterocycles. The number of thioether (sulfide) groups is 1. The van der Waals surface area contributed by atoms with Gasteiger partial charge in [0.25, 0.3) is 5.00 Å². The molecule has 0 radical (unpaired) electrons. The zero-order valence-electron chi connectivity index (χ0n) is 10.6. The van der Waals surface area contributed by atoms with Gasteiger partial charge in [0, 0.05) is 18.6 Å². The fourth-order valence-corrected chi connectivity index (χ4v) is 2.44. The van der Waals surface area contributed by atoms with Crippen molar-refractivity contribution in [2.45, 2.75) is 43.3 Å². The average Bonchev–Trinajstić information content (AvgIpc) is 2.32. The number of carbonyl (C=O) groups excluding carboxylic acids is 1.